The molecule has 0 aliphatic carbocycles. The van der Waals surface area contributed by atoms with E-state index in [1.54, 1.807) is 0 Å². The number of ether oxygens (including phenoxy) is 1. The third-order valence-electron chi connectivity index (χ3n) is 5.13. The number of carbonyl (C=O) groups excluding carboxylic acids is 1. The largest absolute Gasteiger partial charge is 0.379 e. The number of rotatable bonds is 8. The van der Waals surface area contributed by atoms with Crippen LogP contribution in [0, 0.1) is 0 Å². The van der Waals surface area contributed by atoms with Crippen molar-refractivity contribution >= 4 is 22.6 Å². The van der Waals surface area contributed by atoms with Gasteiger partial charge in [0.15, 0.2) is 5.82 Å². The Balaban J connectivity index is 1.34. The van der Waals surface area contributed by atoms with Crippen molar-refractivity contribution < 1.29 is 9.53 Å². The van der Waals surface area contributed by atoms with Gasteiger partial charge in [-0.3, -0.25) is 9.69 Å². The summed E-state index contributed by atoms with van der Waals surface area (Å²) in [5, 5.41) is 7.28. The number of carbonyl (C=O) groups is 1. The van der Waals surface area contributed by atoms with Crippen LogP contribution in [-0.2, 0) is 9.53 Å². The fourth-order valence-electron chi connectivity index (χ4n) is 3.49. The molecule has 0 bridgehead atoms. The lowest BCUT2D eigenvalue weighted by Crippen LogP contribution is -2.41. The van der Waals surface area contributed by atoms with Gasteiger partial charge in [-0.05, 0) is 12.1 Å². The van der Waals surface area contributed by atoms with E-state index in [0.717, 1.165) is 55.1 Å². The average molecular weight is 406 g/mol. The number of nitrogens with zero attached hydrogens (tertiary/aromatic N) is 3. The molecule has 0 unspecified atom stereocenters. The summed E-state index contributed by atoms with van der Waals surface area (Å²) >= 11 is 0. The van der Waals surface area contributed by atoms with Crippen molar-refractivity contribution in [3.8, 4) is 11.4 Å². The highest BCUT2D eigenvalue weighted by atomic mass is 16.5. The van der Waals surface area contributed by atoms with E-state index >= 15 is 0 Å². The normalized spacial score (nSPS) is 14.5. The first-order valence-electron chi connectivity index (χ1n) is 10.4. The Kier molecular flexibility index (Phi) is 6.84. The highest BCUT2D eigenvalue weighted by Gasteiger charge is 2.11. The van der Waals surface area contributed by atoms with Crippen LogP contribution in [0.2, 0.25) is 0 Å². The van der Waals surface area contributed by atoms with Crippen LogP contribution in [0.3, 0.4) is 0 Å². The number of aromatic nitrogens is 2. The summed E-state index contributed by atoms with van der Waals surface area (Å²) in [5.41, 5.74) is 1.84. The maximum absolute atomic E-state index is 12.2. The van der Waals surface area contributed by atoms with Gasteiger partial charge < -0.3 is 15.4 Å². The molecule has 2 aromatic carbocycles. The SMILES string of the molecule is O=C(CCNc1nc(-c2ccccc2)nc2ccccc12)NCCN1CCOCC1. The highest BCUT2D eigenvalue weighted by Crippen LogP contribution is 2.24. The molecule has 1 fully saturated rings. The Morgan fingerprint density at radius 3 is 2.57 bits per heavy atom. The summed E-state index contributed by atoms with van der Waals surface area (Å²) in [6.07, 6.45) is 0.391. The number of amides is 1. The molecule has 0 radical (unpaired) electrons. The molecule has 3 aromatic rings. The topological polar surface area (TPSA) is 79.4 Å². The van der Waals surface area contributed by atoms with Crippen molar-refractivity contribution in [1.82, 2.24) is 20.2 Å². The van der Waals surface area contributed by atoms with E-state index in [9.17, 15) is 4.79 Å². The smallest absolute Gasteiger partial charge is 0.221 e. The van der Waals surface area contributed by atoms with Crippen LogP contribution in [-0.4, -0.2) is 66.7 Å². The maximum atomic E-state index is 12.2. The van der Waals surface area contributed by atoms with Gasteiger partial charge in [-0.15, -0.1) is 0 Å². The van der Waals surface area contributed by atoms with Crippen LogP contribution >= 0.6 is 0 Å². The monoisotopic (exact) mass is 405 g/mol. The molecule has 7 nitrogen and oxygen atoms in total. The number of hydrogen-bond donors (Lipinski definition) is 2. The first-order valence-corrected chi connectivity index (χ1v) is 10.4. The molecule has 1 aliphatic rings. The van der Waals surface area contributed by atoms with Crippen molar-refractivity contribution in [2.45, 2.75) is 6.42 Å². The summed E-state index contributed by atoms with van der Waals surface area (Å²) in [5.74, 6) is 1.46. The quantitative estimate of drug-likeness (QED) is 0.600. The molecule has 2 heterocycles. The van der Waals surface area contributed by atoms with Gasteiger partial charge in [-0.25, -0.2) is 9.97 Å². The molecule has 0 spiro atoms. The molecule has 7 heteroatoms. The fourth-order valence-corrected chi connectivity index (χ4v) is 3.49. The zero-order valence-electron chi connectivity index (χ0n) is 17.0. The van der Waals surface area contributed by atoms with Crippen molar-refractivity contribution in [2.75, 3.05) is 51.3 Å². The molecule has 0 saturated carbocycles. The van der Waals surface area contributed by atoms with Crippen LogP contribution in [0.1, 0.15) is 6.42 Å². The maximum Gasteiger partial charge on any atom is 0.221 e. The number of hydrogen-bond acceptors (Lipinski definition) is 6. The predicted octanol–water partition coefficient (Wildman–Crippen LogP) is 2.55. The second-order valence-electron chi connectivity index (χ2n) is 7.26. The van der Waals surface area contributed by atoms with Gasteiger partial charge in [0.05, 0.1) is 18.7 Å². The number of anilines is 1. The van der Waals surface area contributed by atoms with Gasteiger partial charge in [-0.2, -0.15) is 0 Å². The van der Waals surface area contributed by atoms with Gasteiger partial charge in [0, 0.05) is 50.1 Å². The highest BCUT2D eigenvalue weighted by molar-refractivity contribution is 5.90. The Hall–Kier alpha value is -3.03. The van der Waals surface area contributed by atoms with Gasteiger partial charge in [0.1, 0.15) is 5.82 Å². The van der Waals surface area contributed by atoms with Gasteiger partial charge in [0.2, 0.25) is 5.91 Å². The van der Waals surface area contributed by atoms with E-state index in [1.807, 2.05) is 54.6 Å². The second kappa shape index (κ2) is 10.1. The van der Waals surface area contributed by atoms with Crippen molar-refractivity contribution in [1.29, 1.82) is 0 Å². The second-order valence-corrected chi connectivity index (χ2v) is 7.26. The zero-order valence-corrected chi connectivity index (χ0v) is 17.0. The molecule has 1 amide bonds. The van der Waals surface area contributed by atoms with Crippen LogP contribution in [0.15, 0.2) is 54.6 Å². The molecule has 1 saturated heterocycles. The Bertz CT molecular complexity index is 974. The lowest BCUT2D eigenvalue weighted by Gasteiger charge is -2.26. The first kappa shape index (κ1) is 20.3. The molecule has 4 rings (SSSR count). The van der Waals surface area contributed by atoms with E-state index in [1.165, 1.54) is 0 Å². The molecule has 1 aliphatic heterocycles. The molecule has 156 valence electrons. The number of morpholine rings is 1. The Labute approximate surface area is 176 Å². The summed E-state index contributed by atoms with van der Waals surface area (Å²) in [6, 6.07) is 17.8. The third kappa shape index (κ3) is 5.31. The predicted molar refractivity (Wildman–Crippen MR) is 118 cm³/mol. The van der Waals surface area contributed by atoms with Crippen molar-refractivity contribution in [2.24, 2.45) is 0 Å². The molecule has 2 N–H and O–H groups in total. The minimum absolute atomic E-state index is 0.0393. The number of benzene rings is 2. The first-order chi connectivity index (χ1) is 14.8. The van der Waals surface area contributed by atoms with E-state index in [4.69, 9.17) is 14.7 Å². The van der Waals surface area contributed by atoms with Crippen molar-refractivity contribution in [3.05, 3.63) is 54.6 Å². The molecular weight excluding hydrogens is 378 g/mol. The van der Waals surface area contributed by atoms with Gasteiger partial charge in [0.25, 0.3) is 0 Å². The van der Waals surface area contributed by atoms with E-state index < -0.39 is 0 Å². The van der Waals surface area contributed by atoms with E-state index in [-0.39, 0.29) is 5.91 Å². The average Bonchev–Trinajstić information content (AvgIpc) is 2.80. The summed E-state index contributed by atoms with van der Waals surface area (Å²) in [4.78, 5) is 23.9. The lowest BCUT2D eigenvalue weighted by atomic mass is 10.2. The van der Waals surface area contributed by atoms with Gasteiger partial charge >= 0.3 is 0 Å². The number of fused-ring (bicyclic) bond motifs is 1. The Morgan fingerprint density at radius 1 is 0.967 bits per heavy atom. The molecule has 0 atom stereocenters. The minimum atomic E-state index is 0.0393. The third-order valence-corrected chi connectivity index (χ3v) is 5.13. The standard InChI is InChI=1S/C23H27N5O2/c29-21(24-12-13-28-14-16-30-17-15-28)10-11-25-23-19-8-4-5-9-20(19)26-22(27-23)18-6-2-1-3-7-18/h1-9H,10-17H2,(H,24,29)(H,25,26,27). The number of nitrogens with one attached hydrogen (secondary N) is 2. The minimum Gasteiger partial charge on any atom is -0.379 e. The van der Waals surface area contributed by atoms with Gasteiger partial charge in [-0.1, -0.05) is 42.5 Å². The van der Waals surface area contributed by atoms with Crippen molar-refractivity contribution in [3.63, 3.8) is 0 Å². The van der Waals surface area contributed by atoms with Crippen LogP contribution < -0.4 is 10.6 Å². The van der Waals surface area contributed by atoms with Crippen LogP contribution in [0.25, 0.3) is 22.3 Å². The Morgan fingerprint density at radius 2 is 1.73 bits per heavy atom. The fraction of sp³-hybridized carbons (Fsp3) is 0.348. The van der Waals surface area contributed by atoms with Crippen LogP contribution in [0.4, 0.5) is 5.82 Å². The summed E-state index contributed by atoms with van der Waals surface area (Å²) in [6.45, 7) is 5.45. The number of para-hydroxylation sites is 1. The molecule has 1 aromatic heterocycles. The zero-order chi connectivity index (χ0) is 20.6. The summed E-state index contributed by atoms with van der Waals surface area (Å²) < 4.78 is 5.34. The molecule has 30 heavy (non-hydrogen) atoms. The molecular formula is C23H27N5O2. The van der Waals surface area contributed by atoms with E-state index in [2.05, 4.69) is 15.5 Å². The van der Waals surface area contributed by atoms with Crippen LogP contribution in [0.5, 0.6) is 0 Å². The van der Waals surface area contributed by atoms with E-state index in [0.29, 0.717) is 25.3 Å². The summed E-state index contributed by atoms with van der Waals surface area (Å²) in [7, 11) is 0. The lowest BCUT2D eigenvalue weighted by molar-refractivity contribution is -0.120.